The number of aryl methyl sites for hydroxylation is 1. The summed E-state index contributed by atoms with van der Waals surface area (Å²) in [6, 6.07) is 15.3. The lowest BCUT2D eigenvalue weighted by atomic mass is 10.1. The van der Waals surface area contributed by atoms with Crippen molar-refractivity contribution in [1.82, 2.24) is 5.32 Å². The molecule has 24 heavy (non-hydrogen) atoms. The Morgan fingerprint density at radius 1 is 1.08 bits per heavy atom. The van der Waals surface area contributed by atoms with E-state index in [0.29, 0.717) is 5.75 Å². The average Bonchev–Trinajstić information content (AvgIpc) is 2.55. The molecule has 126 valence electrons. The molecule has 0 radical (unpaired) electrons. The summed E-state index contributed by atoms with van der Waals surface area (Å²) in [5, 5.41) is 11.7. The number of ether oxygens (including phenoxy) is 1. The van der Waals surface area contributed by atoms with Gasteiger partial charge >= 0.3 is 12.1 Å². The predicted octanol–water partition coefficient (Wildman–Crippen LogP) is 3.42. The molecule has 5 nitrogen and oxygen atoms in total. The van der Waals surface area contributed by atoms with Crippen molar-refractivity contribution in [2.75, 3.05) is 0 Å². The number of amides is 1. The second kappa shape index (κ2) is 8.72. The van der Waals surface area contributed by atoms with E-state index in [9.17, 15) is 14.7 Å². The molecule has 0 heterocycles. The van der Waals surface area contributed by atoms with Crippen molar-refractivity contribution in [2.45, 2.75) is 32.2 Å². The van der Waals surface area contributed by atoms with Crippen LogP contribution in [-0.4, -0.2) is 23.2 Å². The lowest BCUT2D eigenvalue weighted by molar-refractivity contribution is -0.139. The van der Waals surface area contributed by atoms with Crippen LogP contribution < -0.4 is 10.1 Å². The molecule has 0 aliphatic carbocycles. The Balaban J connectivity index is 1.98. The molecule has 0 bridgehead atoms. The predicted molar refractivity (Wildman–Crippen MR) is 91.2 cm³/mol. The van der Waals surface area contributed by atoms with E-state index in [1.807, 2.05) is 42.5 Å². The Morgan fingerprint density at radius 3 is 2.46 bits per heavy atom. The van der Waals surface area contributed by atoms with Crippen LogP contribution in [0.3, 0.4) is 0 Å². The zero-order chi connectivity index (χ0) is 17.4. The molecule has 0 fully saturated rings. The summed E-state index contributed by atoms with van der Waals surface area (Å²) < 4.78 is 5.21. The first-order valence-electron chi connectivity index (χ1n) is 7.92. The van der Waals surface area contributed by atoms with Crippen molar-refractivity contribution < 1.29 is 19.4 Å². The molecular weight excluding hydrogens is 306 g/mol. The van der Waals surface area contributed by atoms with Crippen molar-refractivity contribution >= 4 is 12.1 Å². The Morgan fingerprint density at radius 2 is 1.79 bits per heavy atom. The van der Waals surface area contributed by atoms with E-state index in [0.717, 1.165) is 24.0 Å². The highest BCUT2D eigenvalue weighted by Crippen LogP contribution is 2.15. The van der Waals surface area contributed by atoms with Gasteiger partial charge < -0.3 is 15.2 Å². The maximum absolute atomic E-state index is 12.0. The largest absolute Gasteiger partial charge is 0.480 e. The number of hydrogen-bond donors (Lipinski definition) is 2. The number of carboxylic acids is 1. The summed E-state index contributed by atoms with van der Waals surface area (Å²) in [6.07, 6.45) is 1.31. The molecule has 0 saturated carbocycles. The maximum Gasteiger partial charge on any atom is 0.413 e. The van der Waals surface area contributed by atoms with Crippen LogP contribution in [-0.2, 0) is 17.6 Å². The quantitative estimate of drug-likeness (QED) is 0.817. The molecule has 0 aromatic heterocycles. The van der Waals surface area contributed by atoms with Gasteiger partial charge in [0.15, 0.2) is 0 Å². The van der Waals surface area contributed by atoms with Gasteiger partial charge in [-0.25, -0.2) is 9.59 Å². The van der Waals surface area contributed by atoms with Crippen molar-refractivity contribution in [3.8, 4) is 5.75 Å². The zero-order valence-electron chi connectivity index (χ0n) is 13.6. The topological polar surface area (TPSA) is 75.6 Å². The van der Waals surface area contributed by atoms with E-state index in [1.54, 1.807) is 12.1 Å². The standard InChI is InChI=1S/C19H21NO4/c1-2-7-14-10-6-11-16(12-14)24-19(23)20-17(18(21)22)13-15-8-4-3-5-9-15/h3-6,8-12,17H,2,7,13H2,1H3,(H,20,23)(H,21,22). The van der Waals surface area contributed by atoms with Gasteiger partial charge in [-0.2, -0.15) is 0 Å². The summed E-state index contributed by atoms with van der Waals surface area (Å²) in [7, 11) is 0. The molecule has 0 spiro atoms. The summed E-state index contributed by atoms with van der Waals surface area (Å²) in [5.74, 6) is -0.696. The van der Waals surface area contributed by atoms with E-state index in [-0.39, 0.29) is 6.42 Å². The maximum atomic E-state index is 12.0. The molecule has 1 amide bonds. The third kappa shape index (κ3) is 5.43. The SMILES string of the molecule is CCCc1cccc(OC(=O)NC(Cc2ccccc2)C(=O)O)c1. The summed E-state index contributed by atoms with van der Waals surface area (Å²) in [4.78, 5) is 23.4. The Labute approximate surface area is 141 Å². The van der Waals surface area contributed by atoms with E-state index >= 15 is 0 Å². The molecular formula is C19H21NO4. The summed E-state index contributed by atoms with van der Waals surface area (Å²) >= 11 is 0. The normalized spacial score (nSPS) is 11.5. The van der Waals surface area contributed by atoms with Gasteiger partial charge in [0.25, 0.3) is 0 Å². The zero-order valence-corrected chi connectivity index (χ0v) is 13.6. The van der Waals surface area contributed by atoms with Crippen LogP contribution in [0.25, 0.3) is 0 Å². The smallest absolute Gasteiger partial charge is 0.413 e. The summed E-state index contributed by atoms with van der Waals surface area (Å²) in [6.45, 7) is 2.07. The fraction of sp³-hybridized carbons (Fsp3) is 0.263. The second-order valence-electron chi connectivity index (χ2n) is 5.51. The van der Waals surface area contributed by atoms with Crippen molar-refractivity contribution in [1.29, 1.82) is 0 Å². The van der Waals surface area contributed by atoms with Crippen LogP contribution in [0.15, 0.2) is 54.6 Å². The number of benzene rings is 2. The number of carbonyl (C=O) groups excluding carboxylic acids is 1. The molecule has 1 atom stereocenters. The second-order valence-corrected chi connectivity index (χ2v) is 5.51. The molecule has 2 aromatic carbocycles. The average molecular weight is 327 g/mol. The van der Waals surface area contributed by atoms with Crippen LogP contribution in [0.4, 0.5) is 4.79 Å². The highest BCUT2D eigenvalue weighted by molar-refractivity contribution is 5.81. The van der Waals surface area contributed by atoms with Gasteiger partial charge in [0.05, 0.1) is 0 Å². The number of carbonyl (C=O) groups is 2. The van der Waals surface area contributed by atoms with Crippen LogP contribution >= 0.6 is 0 Å². The summed E-state index contributed by atoms with van der Waals surface area (Å²) in [5.41, 5.74) is 1.90. The first kappa shape index (κ1) is 17.5. The number of rotatable bonds is 7. The van der Waals surface area contributed by atoms with Gasteiger partial charge in [0.1, 0.15) is 11.8 Å². The van der Waals surface area contributed by atoms with Crippen LogP contribution in [0.1, 0.15) is 24.5 Å². The molecule has 5 heteroatoms. The van der Waals surface area contributed by atoms with Gasteiger partial charge in [-0.3, -0.25) is 0 Å². The molecule has 0 saturated heterocycles. The van der Waals surface area contributed by atoms with Crippen molar-refractivity contribution in [2.24, 2.45) is 0 Å². The van der Waals surface area contributed by atoms with Crippen LogP contribution in [0.5, 0.6) is 5.75 Å². The lowest BCUT2D eigenvalue weighted by Crippen LogP contribution is -2.43. The van der Waals surface area contributed by atoms with E-state index in [4.69, 9.17) is 4.74 Å². The van der Waals surface area contributed by atoms with Crippen molar-refractivity contribution in [3.05, 3.63) is 65.7 Å². The van der Waals surface area contributed by atoms with Gasteiger partial charge in [0.2, 0.25) is 0 Å². The monoisotopic (exact) mass is 327 g/mol. The lowest BCUT2D eigenvalue weighted by Gasteiger charge is -2.14. The van der Waals surface area contributed by atoms with Crippen molar-refractivity contribution in [3.63, 3.8) is 0 Å². The Hall–Kier alpha value is -2.82. The fourth-order valence-corrected chi connectivity index (χ4v) is 2.38. The first-order chi connectivity index (χ1) is 11.6. The molecule has 2 rings (SSSR count). The van der Waals surface area contributed by atoms with Gasteiger partial charge in [-0.15, -0.1) is 0 Å². The molecule has 2 aromatic rings. The van der Waals surface area contributed by atoms with Gasteiger partial charge in [-0.1, -0.05) is 55.8 Å². The molecule has 0 aliphatic heterocycles. The van der Waals surface area contributed by atoms with E-state index < -0.39 is 18.1 Å². The minimum absolute atomic E-state index is 0.196. The Kier molecular flexibility index (Phi) is 6.37. The number of aliphatic carboxylic acids is 1. The van der Waals surface area contributed by atoms with Crippen LogP contribution in [0, 0.1) is 0 Å². The van der Waals surface area contributed by atoms with E-state index in [1.165, 1.54) is 0 Å². The number of carboxylic acid groups (broad SMARTS) is 1. The number of hydrogen-bond acceptors (Lipinski definition) is 3. The highest BCUT2D eigenvalue weighted by atomic mass is 16.6. The van der Waals surface area contributed by atoms with E-state index in [2.05, 4.69) is 12.2 Å². The third-order valence-corrected chi connectivity index (χ3v) is 3.52. The fourth-order valence-electron chi connectivity index (χ4n) is 2.38. The minimum atomic E-state index is -1.10. The molecule has 2 N–H and O–H groups in total. The van der Waals surface area contributed by atoms with Gasteiger partial charge in [0, 0.05) is 6.42 Å². The molecule has 1 unspecified atom stereocenters. The minimum Gasteiger partial charge on any atom is -0.480 e. The highest BCUT2D eigenvalue weighted by Gasteiger charge is 2.21. The van der Waals surface area contributed by atoms with Gasteiger partial charge in [-0.05, 0) is 29.7 Å². The number of nitrogens with one attached hydrogen (secondary N) is 1. The van der Waals surface area contributed by atoms with Crippen LogP contribution in [0.2, 0.25) is 0 Å². The first-order valence-corrected chi connectivity index (χ1v) is 7.92. The Bertz CT molecular complexity index is 685. The third-order valence-electron chi connectivity index (χ3n) is 3.52. The molecule has 0 aliphatic rings.